The number of halogens is 1. The maximum absolute atomic E-state index is 13.5. The maximum Gasteiger partial charge on any atom is 0.319 e. The number of urea groups is 1. The largest absolute Gasteiger partial charge is 0.368 e. The lowest BCUT2D eigenvalue weighted by molar-refractivity contribution is 0.252. The van der Waals surface area contributed by atoms with Gasteiger partial charge in [-0.1, -0.05) is 6.07 Å². The third kappa shape index (κ3) is 5.00. The van der Waals surface area contributed by atoms with E-state index < -0.39 is 6.03 Å². The molecule has 9 heteroatoms. The molecule has 0 atom stereocenters. The lowest BCUT2D eigenvalue weighted by atomic mass is 10.2. The monoisotopic (exact) mass is 369 g/mol. The van der Waals surface area contributed by atoms with Crippen LogP contribution in [0.2, 0.25) is 0 Å². The third-order valence-electron chi connectivity index (χ3n) is 3.76. The van der Waals surface area contributed by atoms with Crippen LogP contribution in [0.25, 0.3) is 5.82 Å². The van der Waals surface area contributed by atoms with Gasteiger partial charge >= 0.3 is 6.03 Å². The molecule has 3 aromatic rings. The molecule has 0 aliphatic carbocycles. The first-order chi connectivity index (χ1) is 13.0. The van der Waals surface area contributed by atoms with E-state index in [9.17, 15) is 9.18 Å². The molecule has 0 fully saturated rings. The maximum atomic E-state index is 13.5. The summed E-state index contributed by atoms with van der Waals surface area (Å²) in [5, 5.41) is 12.7. The Morgan fingerprint density at radius 2 is 2.00 bits per heavy atom. The number of aromatic nitrogens is 4. The van der Waals surface area contributed by atoms with E-state index in [1.807, 2.05) is 19.2 Å². The van der Waals surface area contributed by atoms with E-state index in [0.29, 0.717) is 36.0 Å². The molecule has 2 heterocycles. The molecule has 0 bridgehead atoms. The summed E-state index contributed by atoms with van der Waals surface area (Å²) in [6.45, 7) is 4.39. The van der Waals surface area contributed by atoms with Gasteiger partial charge in [-0.2, -0.15) is 5.10 Å². The van der Waals surface area contributed by atoms with Gasteiger partial charge in [0, 0.05) is 31.0 Å². The molecule has 140 valence electrons. The van der Waals surface area contributed by atoms with Crippen LogP contribution < -0.4 is 16.0 Å². The zero-order valence-electron chi connectivity index (χ0n) is 15.0. The molecular formula is C18H20FN7O. The molecule has 0 radical (unpaired) electrons. The average Bonchev–Trinajstić information content (AvgIpc) is 3.09. The molecule has 0 saturated carbocycles. The number of rotatable bonds is 6. The molecular weight excluding hydrogens is 349 g/mol. The molecule has 1 aromatic carbocycles. The van der Waals surface area contributed by atoms with Crippen LogP contribution >= 0.6 is 0 Å². The predicted octanol–water partition coefficient (Wildman–Crippen LogP) is 2.65. The van der Waals surface area contributed by atoms with Crippen molar-refractivity contribution in [3.8, 4) is 5.82 Å². The number of anilines is 2. The minimum absolute atomic E-state index is 0.360. The van der Waals surface area contributed by atoms with Crippen molar-refractivity contribution in [1.29, 1.82) is 0 Å². The molecule has 3 rings (SSSR count). The molecule has 0 aliphatic heterocycles. The summed E-state index contributed by atoms with van der Waals surface area (Å²) in [5.41, 5.74) is 1.82. The molecule has 0 spiro atoms. The normalized spacial score (nSPS) is 10.5. The number of aryl methyl sites for hydroxylation is 2. The van der Waals surface area contributed by atoms with Crippen LogP contribution in [0.3, 0.4) is 0 Å². The van der Waals surface area contributed by atoms with Gasteiger partial charge in [0.1, 0.15) is 18.0 Å². The zero-order chi connectivity index (χ0) is 19.2. The summed E-state index contributed by atoms with van der Waals surface area (Å²) in [4.78, 5) is 20.2. The fourth-order valence-electron chi connectivity index (χ4n) is 2.32. The SMILES string of the molecule is Cc1ccn(-c2cc(NCCNC(=O)Nc3ccc(C)c(F)c3)ncn2)n1. The molecule has 0 unspecified atom stereocenters. The van der Waals surface area contributed by atoms with Gasteiger partial charge in [0.2, 0.25) is 0 Å². The Balaban J connectivity index is 1.46. The summed E-state index contributed by atoms with van der Waals surface area (Å²) < 4.78 is 15.1. The number of amides is 2. The molecule has 27 heavy (non-hydrogen) atoms. The second-order valence-corrected chi connectivity index (χ2v) is 5.93. The Kier molecular flexibility index (Phi) is 5.60. The molecule has 3 N–H and O–H groups in total. The summed E-state index contributed by atoms with van der Waals surface area (Å²) >= 11 is 0. The first-order valence-corrected chi connectivity index (χ1v) is 8.41. The molecule has 2 aromatic heterocycles. The van der Waals surface area contributed by atoms with Crippen molar-refractivity contribution in [3.63, 3.8) is 0 Å². The van der Waals surface area contributed by atoms with Crippen LogP contribution in [0.15, 0.2) is 42.9 Å². The van der Waals surface area contributed by atoms with Crippen molar-refractivity contribution >= 4 is 17.5 Å². The summed E-state index contributed by atoms with van der Waals surface area (Å²) in [5.74, 6) is 0.907. The number of carbonyl (C=O) groups is 1. The van der Waals surface area contributed by atoms with Crippen molar-refractivity contribution in [2.75, 3.05) is 23.7 Å². The fourth-order valence-corrected chi connectivity index (χ4v) is 2.32. The van der Waals surface area contributed by atoms with Crippen molar-refractivity contribution in [3.05, 3.63) is 59.9 Å². The first kappa shape index (κ1) is 18.3. The highest BCUT2D eigenvalue weighted by Crippen LogP contribution is 2.13. The van der Waals surface area contributed by atoms with Gasteiger partial charge in [-0.25, -0.2) is 23.8 Å². The fraction of sp³-hybridized carbons (Fsp3) is 0.222. The predicted molar refractivity (Wildman–Crippen MR) is 101 cm³/mol. The van der Waals surface area contributed by atoms with E-state index >= 15 is 0 Å². The standard InChI is InChI=1S/C18H20FN7O/c1-12-3-4-14(9-15(12)19)24-18(27)21-7-6-20-16-10-17(23-11-22-16)26-8-5-13(2)25-26/h3-5,8-11H,6-7H2,1-2H3,(H,20,22,23)(H2,21,24,27). The van der Waals surface area contributed by atoms with Crippen molar-refractivity contribution in [1.82, 2.24) is 25.1 Å². The summed E-state index contributed by atoms with van der Waals surface area (Å²) in [6, 6.07) is 7.79. The lowest BCUT2D eigenvalue weighted by Gasteiger charge is -2.10. The van der Waals surface area contributed by atoms with Gasteiger partial charge in [0.25, 0.3) is 0 Å². The lowest BCUT2D eigenvalue weighted by Crippen LogP contribution is -2.32. The van der Waals surface area contributed by atoms with Crippen molar-refractivity contribution in [2.24, 2.45) is 0 Å². The van der Waals surface area contributed by atoms with Crippen LogP contribution in [-0.4, -0.2) is 38.9 Å². The minimum Gasteiger partial charge on any atom is -0.368 e. The van der Waals surface area contributed by atoms with Gasteiger partial charge in [-0.3, -0.25) is 0 Å². The molecule has 2 amide bonds. The van der Waals surface area contributed by atoms with Crippen LogP contribution in [0.1, 0.15) is 11.3 Å². The Bertz CT molecular complexity index is 941. The highest BCUT2D eigenvalue weighted by molar-refractivity contribution is 5.89. The van der Waals surface area contributed by atoms with E-state index in [-0.39, 0.29) is 5.82 Å². The van der Waals surface area contributed by atoms with E-state index in [2.05, 4.69) is 31.0 Å². The zero-order valence-corrected chi connectivity index (χ0v) is 15.0. The van der Waals surface area contributed by atoms with Crippen LogP contribution in [-0.2, 0) is 0 Å². The van der Waals surface area contributed by atoms with E-state index in [1.54, 1.807) is 29.8 Å². The van der Waals surface area contributed by atoms with E-state index in [0.717, 1.165) is 5.69 Å². The van der Waals surface area contributed by atoms with E-state index in [1.165, 1.54) is 12.4 Å². The second kappa shape index (κ2) is 8.26. The molecule has 8 nitrogen and oxygen atoms in total. The highest BCUT2D eigenvalue weighted by atomic mass is 19.1. The Morgan fingerprint density at radius 1 is 1.15 bits per heavy atom. The van der Waals surface area contributed by atoms with E-state index in [4.69, 9.17) is 0 Å². The smallest absolute Gasteiger partial charge is 0.319 e. The third-order valence-corrected chi connectivity index (χ3v) is 3.76. The quantitative estimate of drug-likeness (QED) is 0.581. The second-order valence-electron chi connectivity index (χ2n) is 5.93. The Hall–Kier alpha value is -3.49. The molecule has 0 saturated heterocycles. The average molecular weight is 369 g/mol. The Morgan fingerprint density at radius 3 is 2.74 bits per heavy atom. The van der Waals surface area contributed by atoms with Crippen LogP contribution in [0, 0.1) is 19.7 Å². The molecule has 0 aliphatic rings. The van der Waals surface area contributed by atoms with Crippen LogP contribution in [0.4, 0.5) is 20.7 Å². The number of nitrogens with one attached hydrogen (secondary N) is 3. The summed E-state index contributed by atoms with van der Waals surface area (Å²) in [7, 11) is 0. The Labute approximate surface area is 155 Å². The van der Waals surface area contributed by atoms with Crippen molar-refractivity contribution < 1.29 is 9.18 Å². The van der Waals surface area contributed by atoms with Gasteiger partial charge in [-0.05, 0) is 37.6 Å². The number of hydrogen-bond acceptors (Lipinski definition) is 5. The first-order valence-electron chi connectivity index (χ1n) is 8.41. The number of nitrogens with zero attached hydrogens (tertiary/aromatic N) is 4. The van der Waals surface area contributed by atoms with Gasteiger partial charge in [0.05, 0.1) is 5.69 Å². The van der Waals surface area contributed by atoms with Crippen molar-refractivity contribution in [2.45, 2.75) is 13.8 Å². The number of benzene rings is 1. The highest BCUT2D eigenvalue weighted by Gasteiger charge is 2.05. The van der Waals surface area contributed by atoms with Crippen LogP contribution in [0.5, 0.6) is 0 Å². The minimum atomic E-state index is -0.407. The van der Waals surface area contributed by atoms with Gasteiger partial charge in [0.15, 0.2) is 5.82 Å². The van der Waals surface area contributed by atoms with Gasteiger partial charge in [-0.15, -0.1) is 0 Å². The summed E-state index contributed by atoms with van der Waals surface area (Å²) in [6.07, 6.45) is 3.27. The topological polar surface area (TPSA) is 96.8 Å². The van der Waals surface area contributed by atoms with Gasteiger partial charge < -0.3 is 16.0 Å². The number of carbonyl (C=O) groups excluding carboxylic acids is 1. The number of hydrogen-bond donors (Lipinski definition) is 3.